The van der Waals surface area contributed by atoms with Gasteiger partial charge in [-0.3, -0.25) is 4.99 Å². The molecule has 0 amide bonds. The van der Waals surface area contributed by atoms with Crippen molar-refractivity contribution in [1.29, 1.82) is 0 Å². The summed E-state index contributed by atoms with van der Waals surface area (Å²) in [5.74, 6) is 0.813. The van der Waals surface area contributed by atoms with Crippen LogP contribution in [0.1, 0.15) is 71.7 Å². The highest BCUT2D eigenvalue weighted by atomic mass is 15.0. The van der Waals surface area contributed by atoms with Gasteiger partial charge in [-0.05, 0) is 80.1 Å². The predicted octanol–water partition coefficient (Wildman–Crippen LogP) is 9.81. The molecule has 3 aliphatic rings. The van der Waals surface area contributed by atoms with Crippen molar-refractivity contribution in [2.45, 2.75) is 38.1 Å². The van der Waals surface area contributed by atoms with Crippen molar-refractivity contribution in [3.8, 4) is 22.3 Å². The van der Waals surface area contributed by atoms with Crippen LogP contribution >= 0.6 is 0 Å². The molecule has 0 saturated heterocycles. The highest BCUT2D eigenvalue weighted by Crippen LogP contribution is 2.57. The fourth-order valence-corrected chi connectivity index (χ4v) is 7.20. The highest BCUT2D eigenvalue weighted by Gasteiger charge is 2.40. The zero-order valence-electron chi connectivity index (χ0n) is 24.1. The summed E-state index contributed by atoms with van der Waals surface area (Å²) in [5, 5.41) is 0. The fourth-order valence-electron chi connectivity index (χ4n) is 7.20. The first-order valence-corrected chi connectivity index (χ1v) is 14.9. The standard InChI is InChI=1S/C40H32N2/c1-25-29-16-10-11-17-31(29)37-30(25)20-21-33-38(37)32-19-18-28(24-34(32)40(33,2)3)36-23-22-35(26-12-6-4-7-13-26)41-39(42-36)27-14-8-5-9-15-27/h4-21,24,35H,1,22-23H2,2-3H3. The Hall–Kier alpha value is -4.82. The van der Waals surface area contributed by atoms with E-state index in [1.165, 1.54) is 55.6 Å². The van der Waals surface area contributed by atoms with Gasteiger partial charge in [-0.15, -0.1) is 0 Å². The summed E-state index contributed by atoms with van der Waals surface area (Å²) in [6, 6.07) is 41.5. The summed E-state index contributed by atoms with van der Waals surface area (Å²) in [7, 11) is 0. The van der Waals surface area contributed by atoms with E-state index in [2.05, 4.69) is 130 Å². The van der Waals surface area contributed by atoms with Crippen molar-refractivity contribution in [3.05, 3.63) is 161 Å². The number of amidine groups is 1. The molecule has 0 aromatic heterocycles. The second kappa shape index (κ2) is 9.36. The van der Waals surface area contributed by atoms with Crippen LogP contribution in [0.25, 0.3) is 27.8 Å². The van der Waals surface area contributed by atoms with Gasteiger partial charge in [0.15, 0.2) is 5.84 Å². The molecule has 0 N–H and O–H groups in total. The third-order valence-corrected chi connectivity index (χ3v) is 9.41. The Morgan fingerprint density at radius 2 is 1.33 bits per heavy atom. The van der Waals surface area contributed by atoms with E-state index in [0.717, 1.165) is 35.5 Å². The molecule has 0 bridgehead atoms. The van der Waals surface area contributed by atoms with Crippen molar-refractivity contribution in [1.82, 2.24) is 0 Å². The van der Waals surface area contributed by atoms with E-state index < -0.39 is 0 Å². The molecular formula is C40H32N2. The third kappa shape index (κ3) is 3.72. The second-order valence-corrected chi connectivity index (χ2v) is 12.2. The molecule has 202 valence electrons. The van der Waals surface area contributed by atoms with Crippen molar-refractivity contribution in [2.24, 2.45) is 9.98 Å². The summed E-state index contributed by atoms with van der Waals surface area (Å²) in [5.41, 5.74) is 16.2. The van der Waals surface area contributed by atoms with Gasteiger partial charge in [0, 0.05) is 11.0 Å². The van der Waals surface area contributed by atoms with Gasteiger partial charge < -0.3 is 0 Å². The lowest BCUT2D eigenvalue weighted by atomic mass is 9.81. The molecule has 1 aliphatic heterocycles. The number of rotatable bonds is 3. The van der Waals surface area contributed by atoms with Gasteiger partial charge in [0.25, 0.3) is 0 Å². The summed E-state index contributed by atoms with van der Waals surface area (Å²) >= 11 is 0. The van der Waals surface area contributed by atoms with Gasteiger partial charge in [0.1, 0.15) is 0 Å². The maximum atomic E-state index is 5.27. The minimum absolute atomic E-state index is 0.0773. The lowest BCUT2D eigenvalue weighted by Gasteiger charge is -2.22. The average molecular weight is 541 g/mol. The maximum absolute atomic E-state index is 5.27. The quantitative estimate of drug-likeness (QED) is 0.213. The van der Waals surface area contributed by atoms with E-state index in [1.807, 2.05) is 6.07 Å². The third-order valence-electron chi connectivity index (χ3n) is 9.41. The molecular weight excluding hydrogens is 508 g/mol. The van der Waals surface area contributed by atoms with Gasteiger partial charge in [-0.2, -0.15) is 0 Å². The average Bonchev–Trinajstić information content (AvgIpc) is 3.31. The molecule has 2 heteroatoms. The number of hydrogen-bond acceptors (Lipinski definition) is 2. The van der Waals surface area contributed by atoms with Crippen LogP contribution in [-0.4, -0.2) is 11.5 Å². The first-order chi connectivity index (χ1) is 20.5. The molecule has 2 nitrogen and oxygen atoms in total. The zero-order chi connectivity index (χ0) is 28.4. The number of nitrogens with zero attached hydrogens (tertiary/aromatic N) is 2. The summed E-state index contributed by atoms with van der Waals surface area (Å²) in [4.78, 5) is 10.5. The molecule has 0 saturated carbocycles. The SMILES string of the molecule is C=C1c2ccccc2-c2c1ccc1c2-c2ccc(C3=NC(c4ccccc4)=NC(c4ccccc4)CC3)cc2C1(C)C. The fraction of sp³-hybridized carbons (Fsp3) is 0.150. The van der Waals surface area contributed by atoms with Crippen LogP contribution in [0.4, 0.5) is 0 Å². The lowest BCUT2D eigenvalue weighted by Crippen LogP contribution is -2.16. The van der Waals surface area contributed by atoms with Gasteiger partial charge in [0.2, 0.25) is 0 Å². The van der Waals surface area contributed by atoms with Crippen LogP contribution in [0, 0.1) is 0 Å². The van der Waals surface area contributed by atoms with Crippen LogP contribution in [-0.2, 0) is 5.41 Å². The molecule has 0 fully saturated rings. The molecule has 42 heavy (non-hydrogen) atoms. The maximum Gasteiger partial charge on any atom is 0.155 e. The van der Waals surface area contributed by atoms with Gasteiger partial charge in [0.05, 0.1) is 11.8 Å². The van der Waals surface area contributed by atoms with E-state index in [4.69, 9.17) is 9.98 Å². The van der Waals surface area contributed by atoms with E-state index in [0.29, 0.717) is 0 Å². The van der Waals surface area contributed by atoms with Crippen LogP contribution in [0.15, 0.2) is 132 Å². The van der Waals surface area contributed by atoms with E-state index in [1.54, 1.807) is 0 Å². The first-order valence-electron chi connectivity index (χ1n) is 14.9. The molecule has 5 aromatic rings. The molecule has 1 unspecified atom stereocenters. The van der Waals surface area contributed by atoms with Crippen molar-refractivity contribution in [2.75, 3.05) is 0 Å². The Labute approximate surface area is 247 Å². The Bertz CT molecular complexity index is 1960. The number of aliphatic imine (C=N–C) groups is 2. The predicted molar refractivity (Wildman–Crippen MR) is 176 cm³/mol. The largest absolute Gasteiger partial charge is 0.258 e. The van der Waals surface area contributed by atoms with Gasteiger partial charge >= 0.3 is 0 Å². The topological polar surface area (TPSA) is 24.7 Å². The van der Waals surface area contributed by atoms with Crippen LogP contribution in [0.3, 0.4) is 0 Å². The molecule has 2 aliphatic carbocycles. The second-order valence-electron chi connectivity index (χ2n) is 12.2. The Kier molecular flexibility index (Phi) is 5.55. The van der Waals surface area contributed by atoms with Crippen molar-refractivity contribution < 1.29 is 0 Å². The number of benzene rings is 5. The minimum Gasteiger partial charge on any atom is -0.258 e. The molecule has 1 heterocycles. The van der Waals surface area contributed by atoms with Crippen LogP contribution in [0.5, 0.6) is 0 Å². The zero-order valence-corrected chi connectivity index (χ0v) is 24.1. The molecule has 8 rings (SSSR count). The van der Waals surface area contributed by atoms with Crippen LogP contribution in [0.2, 0.25) is 0 Å². The Morgan fingerprint density at radius 3 is 2.12 bits per heavy atom. The van der Waals surface area contributed by atoms with E-state index in [9.17, 15) is 0 Å². The normalized spacial score (nSPS) is 17.9. The Balaban J connectivity index is 1.25. The first kappa shape index (κ1) is 24.9. The smallest absolute Gasteiger partial charge is 0.155 e. The molecule has 5 aromatic carbocycles. The van der Waals surface area contributed by atoms with Crippen molar-refractivity contribution >= 4 is 17.1 Å². The van der Waals surface area contributed by atoms with E-state index >= 15 is 0 Å². The number of fused-ring (bicyclic) bond motifs is 7. The van der Waals surface area contributed by atoms with Crippen molar-refractivity contribution in [3.63, 3.8) is 0 Å². The van der Waals surface area contributed by atoms with Crippen LogP contribution < -0.4 is 0 Å². The minimum atomic E-state index is -0.122. The number of hydrogen-bond donors (Lipinski definition) is 0. The molecule has 1 atom stereocenters. The monoisotopic (exact) mass is 540 g/mol. The van der Waals surface area contributed by atoms with E-state index in [-0.39, 0.29) is 11.5 Å². The summed E-state index contributed by atoms with van der Waals surface area (Å²) < 4.78 is 0. The van der Waals surface area contributed by atoms with Gasteiger partial charge in [-0.1, -0.05) is 130 Å². The Morgan fingerprint density at radius 1 is 0.643 bits per heavy atom. The molecule has 0 radical (unpaired) electrons. The summed E-state index contributed by atoms with van der Waals surface area (Å²) in [6.45, 7) is 9.20. The summed E-state index contributed by atoms with van der Waals surface area (Å²) in [6.07, 6.45) is 1.79. The molecule has 0 spiro atoms. The van der Waals surface area contributed by atoms with Gasteiger partial charge in [-0.25, -0.2) is 4.99 Å². The lowest BCUT2D eigenvalue weighted by molar-refractivity contribution is 0.660. The highest BCUT2D eigenvalue weighted by molar-refractivity contribution is 6.14.